The molecule has 1 fully saturated rings. The van der Waals surface area contributed by atoms with Gasteiger partial charge in [0.05, 0.1) is 5.02 Å². The summed E-state index contributed by atoms with van der Waals surface area (Å²) in [7, 11) is 0. The second-order valence-corrected chi connectivity index (χ2v) is 10.1. The standard InChI is InChI=1S/C27H26Cl2FN7/c1-2-35-9-11-36(12-10-35)19-4-6-24(23(30)15-19)33-27-32-16-17-13-21(20-5-3-18(28)14-22(20)29)26-31-7-8-37(26)25(17)34-27/h3-6,13-16,31H,2,7-12H2,1H3. The molecule has 0 aliphatic carbocycles. The zero-order chi connectivity index (χ0) is 25.5. The lowest BCUT2D eigenvalue weighted by atomic mass is 10.0. The van der Waals surface area contributed by atoms with E-state index in [1.54, 1.807) is 24.4 Å². The monoisotopic (exact) mass is 537 g/mol. The minimum atomic E-state index is -0.383. The summed E-state index contributed by atoms with van der Waals surface area (Å²) in [5.74, 6) is 1.26. The predicted octanol–water partition coefficient (Wildman–Crippen LogP) is 5.30. The molecule has 1 N–H and O–H groups in total. The number of nitrogens with zero attached hydrogens (tertiary/aromatic N) is 6. The molecule has 37 heavy (non-hydrogen) atoms. The molecular weight excluding hydrogens is 512 g/mol. The largest absolute Gasteiger partial charge is 0.369 e. The van der Waals surface area contributed by atoms with Crippen LogP contribution in [0.1, 0.15) is 6.92 Å². The van der Waals surface area contributed by atoms with Gasteiger partial charge in [0.25, 0.3) is 5.62 Å². The molecule has 4 heterocycles. The van der Waals surface area contributed by atoms with E-state index in [0.29, 0.717) is 10.0 Å². The third kappa shape index (κ3) is 4.65. The molecule has 6 rings (SSSR count). The molecule has 190 valence electrons. The summed E-state index contributed by atoms with van der Waals surface area (Å²) < 4.78 is 17.1. The van der Waals surface area contributed by atoms with Gasteiger partial charge >= 0.3 is 0 Å². The van der Waals surface area contributed by atoms with Crippen LogP contribution in [0.15, 0.2) is 53.7 Å². The fraction of sp³-hybridized carbons (Fsp3) is 0.296. The third-order valence-corrected chi connectivity index (χ3v) is 7.60. The molecule has 0 aromatic heterocycles. The molecule has 4 aliphatic heterocycles. The molecule has 0 spiro atoms. The topological polar surface area (TPSA) is 61.6 Å². The van der Waals surface area contributed by atoms with Crippen LogP contribution < -0.4 is 15.8 Å². The highest BCUT2D eigenvalue weighted by molar-refractivity contribution is 6.36. The van der Waals surface area contributed by atoms with Crippen LogP contribution in [-0.4, -0.2) is 58.7 Å². The van der Waals surface area contributed by atoms with E-state index in [4.69, 9.17) is 28.2 Å². The van der Waals surface area contributed by atoms with Crippen molar-refractivity contribution in [3.05, 3.63) is 70.1 Å². The Hall–Kier alpha value is -3.20. The maximum absolute atomic E-state index is 15.1. The van der Waals surface area contributed by atoms with Gasteiger partial charge in [-0.05, 0) is 42.9 Å². The number of piperazine rings is 1. The summed E-state index contributed by atoms with van der Waals surface area (Å²) in [6.45, 7) is 8.44. The first-order chi connectivity index (χ1) is 18.0. The van der Waals surface area contributed by atoms with Gasteiger partial charge in [0, 0.05) is 72.9 Å². The molecular formula is C27H26Cl2FN7. The molecule has 4 aliphatic rings. The van der Waals surface area contributed by atoms with Crippen LogP contribution in [0.5, 0.6) is 0 Å². The summed E-state index contributed by atoms with van der Waals surface area (Å²) in [4.78, 5) is 18.2. The van der Waals surface area contributed by atoms with Crippen LogP contribution in [0.3, 0.4) is 0 Å². The highest BCUT2D eigenvalue weighted by Gasteiger charge is 2.23. The normalized spacial score (nSPS) is 16.3. The average molecular weight is 538 g/mol. The number of rotatable bonds is 4. The first-order valence-electron chi connectivity index (χ1n) is 12.4. The van der Waals surface area contributed by atoms with Crippen LogP contribution in [0, 0.1) is 5.82 Å². The minimum absolute atomic E-state index is 0.217. The minimum Gasteiger partial charge on any atom is -0.369 e. The number of benzene rings is 2. The molecule has 10 heteroatoms. The highest BCUT2D eigenvalue weighted by Crippen LogP contribution is 2.40. The van der Waals surface area contributed by atoms with Crippen molar-refractivity contribution in [2.75, 3.05) is 49.5 Å². The van der Waals surface area contributed by atoms with Crippen LogP contribution in [0.2, 0.25) is 10.0 Å². The van der Waals surface area contributed by atoms with Crippen molar-refractivity contribution in [1.29, 1.82) is 0 Å². The Labute approximate surface area is 224 Å². The molecule has 0 unspecified atom stereocenters. The smallest absolute Gasteiger partial charge is 0.251 e. The number of fused-ring (bicyclic) bond motifs is 3. The lowest BCUT2D eigenvalue weighted by Crippen LogP contribution is -2.46. The van der Waals surface area contributed by atoms with Gasteiger partial charge in [-0.3, -0.25) is 0 Å². The number of anilines is 2. The van der Waals surface area contributed by atoms with Crippen LogP contribution in [-0.2, 0) is 6.54 Å². The van der Waals surface area contributed by atoms with E-state index < -0.39 is 0 Å². The average Bonchev–Trinajstić information content (AvgIpc) is 3.40. The lowest BCUT2D eigenvalue weighted by Gasteiger charge is -2.35. The molecule has 2 aromatic carbocycles. The van der Waals surface area contributed by atoms with Crippen LogP contribution >= 0.6 is 23.2 Å². The molecule has 1 saturated heterocycles. The van der Waals surface area contributed by atoms with E-state index in [-0.39, 0.29) is 17.1 Å². The Morgan fingerprint density at radius 2 is 1.84 bits per heavy atom. The number of likely N-dealkylation sites (N-methyl/N-ethyl adjacent to an activating group) is 1. The molecule has 0 atom stereocenters. The van der Waals surface area contributed by atoms with Gasteiger partial charge in [-0.2, -0.15) is 4.98 Å². The fourth-order valence-corrected chi connectivity index (χ4v) is 5.55. The second kappa shape index (κ2) is 9.93. The van der Waals surface area contributed by atoms with Crippen molar-refractivity contribution >= 4 is 40.4 Å². The molecule has 7 nitrogen and oxygen atoms in total. The molecule has 0 bridgehead atoms. The number of hydrogen-bond acceptors (Lipinski definition) is 6. The quantitative estimate of drug-likeness (QED) is 0.383. The van der Waals surface area contributed by atoms with E-state index in [1.165, 1.54) is 0 Å². The predicted molar refractivity (Wildman–Crippen MR) is 147 cm³/mol. The van der Waals surface area contributed by atoms with Gasteiger partial charge in [-0.1, -0.05) is 36.2 Å². The molecule has 0 radical (unpaired) electrons. The van der Waals surface area contributed by atoms with Crippen LogP contribution in [0.4, 0.5) is 21.6 Å². The van der Waals surface area contributed by atoms with Gasteiger partial charge in [-0.25, -0.2) is 14.4 Å². The van der Waals surface area contributed by atoms with E-state index in [0.717, 1.165) is 79.8 Å². The maximum Gasteiger partial charge on any atom is 0.251 e. The lowest BCUT2D eigenvalue weighted by molar-refractivity contribution is 0.271. The Morgan fingerprint density at radius 1 is 1.00 bits per heavy atom. The van der Waals surface area contributed by atoms with Gasteiger partial charge in [-0.15, -0.1) is 0 Å². The third-order valence-electron chi connectivity index (χ3n) is 7.05. The molecule has 0 amide bonds. The van der Waals surface area contributed by atoms with E-state index in [1.807, 2.05) is 24.3 Å². The molecule has 2 aromatic rings. The van der Waals surface area contributed by atoms with Gasteiger partial charge in [0.15, 0.2) is 5.82 Å². The molecule has 0 saturated carbocycles. The highest BCUT2D eigenvalue weighted by atomic mass is 35.5. The first kappa shape index (κ1) is 24.2. The Balaban J connectivity index is 1.35. The van der Waals surface area contributed by atoms with Gasteiger partial charge in [0.2, 0.25) is 0 Å². The summed E-state index contributed by atoms with van der Waals surface area (Å²) in [6.07, 6.45) is 1.72. The van der Waals surface area contributed by atoms with Crippen LogP contribution in [0.25, 0.3) is 22.5 Å². The Bertz CT molecular complexity index is 1510. The Kier molecular flexibility index (Phi) is 6.48. The number of aromatic nitrogens is 3. The number of halogens is 3. The van der Waals surface area contributed by atoms with Crippen molar-refractivity contribution in [1.82, 2.24) is 19.4 Å². The fourth-order valence-electron chi connectivity index (χ4n) is 5.04. The van der Waals surface area contributed by atoms with Crippen molar-refractivity contribution in [3.63, 3.8) is 0 Å². The van der Waals surface area contributed by atoms with Gasteiger partial charge < -0.3 is 19.7 Å². The Morgan fingerprint density at radius 3 is 2.59 bits per heavy atom. The van der Waals surface area contributed by atoms with Crippen molar-refractivity contribution in [3.8, 4) is 22.5 Å². The first-order valence-corrected chi connectivity index (χ1v) is 13.2. The van der Waals surface area contributed by atoms with Crippen molar-refractivity contribution < 1.29 is 4.39 Å². The SMILES string of the molecule is CCN1CCN(c2ccc(N=c3ncc4cc(-c5ccc(Cl)cc5Cl)c5n(c-4n3)CCN5)c(F)c2)CC1. The summed E-state index contributed by atoms with van der Waals surface area (Å²) in [6, 6.07) is 12.7. The number of pyridine rings is 1. The zero-order valence-electron chi connectivity index (χ0n) is 20.4. The number of hydrogen-bond donors (Lipinski definition) is 1. The van der Waals surface area contributed by atoms with Crippen molar-refractivity contribution in [2.24, 2.45) is 4.99 Å². The summed E-state index contributed by atoms with van der Waals surface area (Å²) in [5, 5.41) is 4.59. The van der Waals surface area contributed by atoms with E-state index in [2.05, 4.69) is 36.6 Å². The number of nitrogens with one attached hydrogen (secondary N) is 1. The van der Waals surface area contributed by atoms with Crippen molar-refractivity contribution in [2.45, 2.75) is 13.5 Å². The van der Waals surface area contributed by atoms with E-state index >= 15 is 4.39 Å². The van der Waals surface area contributed by atoms with E-state index in [9.17, 15) is 0 Å². The summed E-state index contributed by atoms with van der Waals surface area (Å²) >= 11 is 12.6. The zero-order valence-corrected chi connectivity index (χ0v) is 21.9. The maximum atomic E-state index is 15.1. The summed E-state index contributed by atoms with van der Waals surface area (Å²) in [5.41, 5.74) is 3.97. The van der Waals surface area contributed by atoms with Gasteiger partial charge in [0.1, 0.15) is 17.3 Å². The second-order valence-electron chi connectivity index (χ2n) is 9.23.